The molecular formula is C14H11BrN4O3S. The van der Waals surface area contributed by atoms with Gasteiger partial charge in [-0.25, -0.2) is 0 Å². The first-order chi connectivity index (χ1) is 11.1. The molecule has 1 aromatic carbocycles. The van der Waals surface area contributed by atoms with Crippen molar-refractivity contribution < 1.29 is 9.34 Å². The summed E-state index contributed by atoms with van der Waals surface area (Å²) in [4.78, 5) is 11.3. The minimum atomic E-state index is -0.410. The molecule has 0 fully saturated rings. The number of hydrogen-bond acceptors (Lipinski definition) is 6. The lowest BCUT2D eigenvalue weighted by atomic mass is 10.3. The highest BCUT2D eigenvalue weighted by Crippen LogP contribution is 2.36. The summed E-state index contributed by atoms with van der Waals surface area (Å²) in [6.07, 6.45) is 1.57. The van der Waals surface area contributed by atoms with Crippen molar-refractivity contribution in [3.05, 3.63) is 51.2 Å². The topological polar surface area (TPSA) is 87.0 Å². The fraction of sp³-hybridized carbons (Fsp3) is 0.143. The second-order valence-electron chi connectivity index (χ2n) is 4.50. The molecule has 2 aromatic heterocycles. The van der Waals surface area contributed by atoms with Gasteiger partial charge in [0.05, 0.1) is 16.1 Å². The van der Waals surface area contributed by atoms with Crippen LogP contribution in [-0.4, -0.2) is 19.7 Å². The second-order valence-corrected chi connectivity index (χ2v) is 6.42. The summed E-state index contributed by atoms with van der Waals surface area (Å²) in [5.74, 6) is 1.20. The van der Waals surface area contributed by atoms with Crippen LogP contribution in [-0.2, 0) is 6.54 Å². The van der Waals surface area contributed by atoms with Crippen molar-refractivity contribution in [3.8, 4) is 11.6 Å². The van der Waals surface area contributed by atoms with Gasteiger partial charge >= 0.3 is 0 Å². The second kappa shape index (κ2) is 6.55. The monoisotopic (exact) mass is 394 g/mol. The zero-order chi connectivity index (χ0) is 16.4. The van der Waals surface area contributed by atoms with E-state index in [0.29, 0.717) is 32.7 Å². The van der Waals surface area contributed by atoms with Crippen molar-refractivity contribution in [2.75, 3.05) is 0 Å². The summed E-state index contributed by atoms with van der Waals surface area (Å²) >= 11 is 4.45. The van der Waals surface area contributed by atoms with Crippen LogP contribution in [0.1, 0.15) is 6.92 Å². The molecule has 0 spiro atoms. The Labute approximate surface area is 144 Å². The summed E-state index contributed by atoms with van der Waals surface area (Å²) < 4.78 is 7.87. The SMILES string of the molecule is CCn1c(Sc2ccc(Br)cc2[N+](=O)[O-])nnc1-c1ccco1. The third kappa shape index (κ3) is 3.15. The molecule has 0 radical (unpaired) electrons. The normalized spacial score (nSPS) is 10.9. The zero-order valence-electron chi connectivity index (χ0n) is 12.0. The molecule has 3 rings (SSSR count). The molecule has 23 heavy (non-hydrogen) atoms. The van der Waals surface area contributed by atoms with E-state index >= 15 is 0 Å². The van der Waals surface area contributed by atoms with Gasteiger partial charge in [-0.2, -0.15) is 0 Å². The van der Waals surface area contributed by atoms with E-state index in [0.717, 1.165) is 0 Å². The van der Waals surface area contributed by atoms with Gasteiger partial charge in [0, 0.05) is 17.1 Å². The van der Waals surface area contributed by atoms with Gasteiger partial charge in [0.15, 0.2) is 16.7 Å². The van der Waals surface area contributed by atoms with Crippen LogP contribution >= 0.6 is 27.7 Å². The number of nitro benzene ring substituents is 1. The van der Waals surface area contributed by atoms with Crippen LogP contribution < -0.4 is 0 Å². The average molecular weight is 395 g/mol. The number of nitro groups is 1. The van der Waals surface area contributed by atoms with Crippen LogP contribution in [0, 0.1) is 10.1 Å². The van der Waals surface area contributed by atoms with Crippen molar-refractivity contribution in [1.29, 1.82) is 0 Å². The number of halogens is 1. The molecule has 0 N–H and O–H groups in total. The van der Waals surface area contributed by atoms with Gasteiger partial charge in [-0.3, -0.25) is 14.7 Å². The van der Waals surface area contributed by atoms with E-state index < -0.39 is 4.92 Å². The van der Waals surface area contributed by atoms with Crippen molar-refractivity contribution in [3.63, 3.8) is 0 Å². The fourth-order valence-corrected chi connectivity index (χ4v) is 3.38. The minimum absolute atomic E-state index is 0.0228. The largest absolute Gasteiger partial charge is 0.461 e. The lowest BCUT2D eigenvalue weighted by molar-refractivity contribution is -0.387. The van der Waals surface area contributed by atoms with E-state index in [9.17, 15) is 10.1 Å². The number of aromatic nitrogens is 3. The van der Waals surface area contributed by atoms with Gasteiger partial charge < -0.3 is 4.42 Å². The minimum Gasteiger partial charge on any atom is -0.461 e. The number of hydrogen-bond donors (Lipinski definition) is 0. The van der Waals surface area contributed by atoms with Crippen molar-refractivity contribution in [2.24, 2.45) is 0 Å². The van der Waals surface area contributed by atoms with E-state index in [1.54, 1.807) is 30.5 Å². The number of nitrogens with zero attached hydrogens (tertiary/aromatic N) is 4. The van der Waals surface area contributed by atoms with Crippen LogP contribution in [0.25, 0.3) is 11.6 Å². The molecule has 2 heterocycles. The molecule has 0 amide bonds. The summed E-state index contributed by atoms with van der Waals surface area (Å²) in [5, 5.41) is 20.1. The molecule has 9 heteroatoms. The highest BCUT2D eigenvalue weighted by Gasteiger charge is 2.20. The van der Waals surface area contributed by atoms with E-state index in [1.165, 1.54) is 17.8 Å². The lowest BCUT2D eigenvalue weighted by Crippen LogP contribution is -1.99. The quantitative estimate of drug-likeness (QED) is 0.471. The maximum atomic E-state index is 11.2. The Morgan fingerprint density at radius 2 is 2.22 bits per heavy atom. The lowest BCUT2D eigenvalue weighted by Gasteiger charge is -2.06. The predicted molar refractivity (Wildman–Crippen MR) is 88.3 cm³/mol. The van der Waals surface area contributed by atoms with Gasteiger partial charge in [-0.05, 0) is 43.0 Å². The first-order valence-corrected chi connectivity index (χ1v) is 8.30. The molecule has 0 saturated heterocycles. The Kier molecular flexibility index (Phi) is 4.49. The average Bonchev–Trinajstić information content (AvgIpc) is 3.17. The third-order valence-corrected chi connectivity index (χ3v) is 4.64. The maximum absolute atomic E-state index is 11.2. The molecule has 3 aromatic rings. The Balaban J connectivity index is 2.00. The van der Waals surface area contributed by atoms with Gasteiger partial charge in [-0.15, -0.1) is 10.2 Å². The van der Waals surface area contributed by atoms with Gasteiger partial charge in [0.2, 0.25) is 0 Å². The molecule has 0 aliphatic rings. The molecule has 0 bridgehead atoms. The van der Waals surface area contributed by atoms with Crippen LogP contribution in [0.15, 0.2) is 55.5 Å². The van der Waals surface area contributed by atoms with E-state index in [2.05, 4.69) is 26.1 Å². The van der Waals surface area contributed by atoms with Crippen molar-refractivity contribution in [2.45, 2.75) is 23.5 Å². The summed E-state index contributed by atoms with van der Waals surface area (Å²) in [6, 6.07) is 8.50. The molecular weight excluding hydrogens is 384 g/mol. The van der Waals surface area contributed by atoms with E-state index in [-0.39, 0.29) is 5.69 Å². The third-order valence-electron chi connectivity index (χ3n) is 3.09. The molecule has 7 nitrogen and oxygen atoms in total. The first-order valence-electron chi connectivity index (χ1n) is 6.69. The number of furan rings is 1. The van der Waals surface area contributed by atoms with Gasteiger partial charge in [0.1, 0.15) is 0 Å². The van der Waals surface area contributed by atoms with Crippen LogP contribution in [0.4, 0.5) is 5.69 Å². The molecule has 118 valence electrons. The Bertz CT molecular complexity index is 848. The standard InChI is InChI=1S/C14H11BrN4O3S/c1-2-18-13(11-4-3-7-22-11)16-17-14(18)23-12-6-5-9(15)8-10(12)19(20)21/h3-8H,2H2,1H3. The van der Waals surface area contributed by atoms with Crippen molar-refractivity contribution in [1.82, 2.24) is 14.8 Å². The highest BCUT2D eigenvalue weighted by molar-refractivity contribution is 9.10. The van der Waals surface area contributed by atoms with Crippen LogP contribution in [0.3, 0.4) is 0 Å². The number of rotatable bonds is 5. The molecule has 0 atom stereocenters. The van der Waals surface area contributed by atoms with Crippen LogP contribution in [0.2, 0.25) is 0 Å². The van der Waals surface area contributed by atoms with Crippen molar-refractivity contribution >= 4 is 33.4 Å². The predicted octanol–water partition coefficient (Wildman–Crippen LogP) is 4.38. The van der Waals surface area contributed by atoms with Gasteiger partial charge in [-0.1, -0.05) is 15.9 Å². The molecule has 0 saturated carbocycles. The van der Waals surface area contributed by atoms with Gasteiger partial charge in [0.25, 0.3) is 5.69 Å². The van der Waals surface area contributed by atoms with E-state index in [4.69, 9.17) is 4.42 Å². The molecule has 0 aliphatic heterocycles. The summed E-state index contributed by atoms with van der Waals surface area (Å²) in [6.45, 7) is 2.57. The molecule has 0 unspecified atom stereocenters. The Morgan fingerprint density at radius 1 is 1.39 bits per heavy atom. The fourth-order valence-electron chi connectivity index (χ4n) is 2.06. The summed E-state index contributed by atoms with van der Waals surface area (Å²) in [5.41, 5.74) is 0.0228. The smallest absolute Gasteiger partial charge is 0.284 e. The van der Waals surface area contributed by atoms with E-state index in [1.807, 2.05) is 11.5 Å². The van der Waals surface area contributed by atoms with Crippen LogP contribution in [0.5, 0.6) is 0 Å². The maximum Gasteiger partial charge on any atom is 0.284 e. The molecule has 0 aliphatic carbocycles. The Morgan fingerprint density at radius 3 is 2.87 bits per heavy atom. The summed E-state index contributed by atoms with van der Waals surface area (Å²) in [7, 11) is 0. The Hall–Kier alpha value is -2.13. The first kappa shape index (κ1) is 15.8. The zero-order valence-corrected chi connectivity index (χ0v) is 14.4. The number of benzene rings is 1. The highest BCUT2D eigenvalue weighted by atomic mass is 79.9.